The maximum Gasteiger partial charge on any atom is 0.306 e. The predicted octanol–water partition coefficient (Wildman–Crippen LogP) is 3.95. The van der Waals surface area contributed by atoms with Crippen molar-refractivity contribution >= 4 is 23.7 Å². The van der Waals surface area contributed by atoms with Gasteiger partial charge in [0.1, 0.15) is 36.6 Å². The summed E-state index contributed by atoms with van der Waals surface area (Å²) < 4.78 is 48.1. The van der Waals surface area contributed by atoms with E-state index in [2.05, 4.69) is 6.08 Å². The first kappa shape index (κ1) is 36.4. The first-order valence-electron chi connectivity index (χ1n) is 18.2. The Hall–Kier alpha value is -2.38. The van der Waals surface area contributed by atoms with Crippen LogP contribution in [0.15, 0.2) is 11.6 Å². The molecule has 6 aliphatic rings. The van der Waals surface area contributed by atoms with Crippen molar-refractivity contribution in [2.24, 2.45) is 41.4 Å². The number of carbonyl (C=O) groups excluding carboxylic acids is 4. The number of allylic oxidation sites excluding steroid dienone is 2. The van der Waals surface area contributed by atoms with Crippen LogP contribution in [0.25, 0.3) is 0 Å². The SMILES string of the molecule is CC[C@H]1CCC[C@H](OC(C)=O)[C@@H](C)C(=O)C2=C[C@H]3[C@@H]4C[C@H](O[C@@H]5O[C@@H](C)[C@H](OC)[C@@H](OC)[C@H]5OC)C[C@H]4C4CC(=O)OC4[C@H]3[C@@H]2CC(=O)O1. The Balaban J connectivity index is 1.31. The summed E-state index contributed by atoms with van der Waals surface area (Å²) in [6.07, 6.45) is 2.52. The molecule has 3 aliphatic carbocycles. The zero-order chi connectivity index (χ0) is 35.1. The quantitative estimate of drug-likeness (QED) is 0.282. The van der Waals surface area contributed by atoms with Gasteiger partial charge in [0.25, 0.3) is 0 Å². The van der Waals surface area contributed by atoms with Crippen molar-refractivity contribution in [1.82, 2.24) is 0 Å². The third kappa shape index (κ3) is 6.97. The number of methoxy groups -OCH3 is 3. The van der Waals surface area contributed by atoms with E-state index >= 15 is 0 Å². The lowest BCUT2D eigenvalue weighted by Gasteiger charge is -2.45. The van der Waals surface area contributed by atoms with Crippen molar-refractivity contribution in [3.05, 3.63) is 11.6 Å². The maximum absolute atomic E-state index is 14.4. The molecule has 12 heteroatoms. The van der Waals surface area contributed by atoms with Gasteiger partial charge in [-0.05, 0) is 68.8 Å². The van der Waals surface area contributed by atoms with Crippen LogP contribution < -0.4 is 0 Å². The van der Waals surface area contributed by atoms with Crippen molar-refractivity contribution in [3.63, 3.8) is 0 Å². The Morgan fingerprint density at radius 1 is 0.878 bits per heavy atom. The van der Waals surface area contributed by atoms with Crippen molar-refractivity contribution in [2.45, 2.75) is 134 Å². The van der Waals surface area contributed by atoms with Gasteiger partial charge in [-0.1, -0.05) is 19.9 Å². The molecule has 5 fully saturated rings. The molecule has 0 aromatic carbocycles. The van der Waals surface area contributed by atoms with Gasteiger partial charge in [0.2, 0.25) is 0 Å². The van der Waals surface area contributed by atoms with Gasteiger partial charge >= 0.3 is 17.9 Å². The van der Waals surface area contributed by atoms with Crippen LogP contribution >= 0.6 is 0 Å². The summed E-state index contributed by atoms with van der Waals surface area (Å²) in [6.45, 7) is 7.09. The molecular weight excluding hydrogens is 636 g/mol. The number of carbonyl (C=O) groups is 4. The van der Waals surface area contributed by atoms with E-state index in [-0.39, 0.29) is 78.1 Å². The van der Waals surface area contributed by atoms with E-state index in [1.807, 2.05) is 20.8 Å². The van der Waals surface area contributed by atoms with Crippen molar-refractivity contribution in [2.75, 3.05) is 21.3 Å². The van der Waals surface area contributed by atoms with Gasteiger partial charge in [0, 0.05) is 46.0 Å². The molecule has 274 valence electrons. The Morgan fingerprint density at radius 2 is 1.57 bits per heavy atom. The maximum atomic E-state index is 14.4. The third-order valence-electron chi connectivity index (χ3n) is 12.4. The number of ether oxygens (including phenoxy) is 8. The van der Waals surface area contributed by atoms with Crippen molar-refractivity contribution < 1.29 is 57.1 Å². The van der Waals surface area contributed by atoms with Gasteiger partial charge in [-0.25, -0.2) is 0 Å². The molecule has 2 unspecified atom stereocenters. The molecule has 2 saturated carbocycles. The number of hydrogen-bond donors (Lipinski definition) is 0. The lowest BCUT2D eigenvalue weighted by Crippen LogP contribution is -2.59. The van der Waals surface area contributed by atoms with Gasteiger partial charge in [-0.15, -0.1) is 0 Å². The zero-order valence-corrected chi connectivity index (χ0v) is 29.9. The molecule has 0 spiro atoms. The molecule has 0 amide bonds. The summed E-state index contributed by atoms with van der Waals surface area (Å²) in [5.41, 5.74) is 0.564. The molecule has 3 heterocycles. The summed E-state index contributed by atoms with van der Waals surface area (Å²) in [5, 5.41) is 0. The highest BCUT2D eigenvalue weighted by atomic mass is 16.7. The Kier molecular flexibility index (Phi) is 11.2. The average Bonchev–Trinajstić information content (AvgIpc) is 3.76. The van der Waals surface area contributed by atoms with Crippen LogP contribution in [0.5, 0.6) is 0 Å². The van der Waals surface area contributed by atoms with Gasteiger partial charge < -0.3 is 37.9 Å². The fourth-order valence-electron chi connectivity index (χ4n) is 10.2. The predicted molar refractivity (Wildman–Crippen MR) is 173 cm³/mol. The first-order valence-corrected chi connectivity index (χ1v) is 18.2. The van der Waals surface area contributed by atoms with Crippen LogP contribution in [0.1, 0.15) is 79.1 Å². The average molecular weight is 691 g/mol. The van der Waals surface area contributed by atoms with Crippen LogP contribution in [0, 0.1) is 41.4 Å². The molecule has 6 rings (SSSR count). The third-order valence-corrected chi connectivity index (χ3v) is 12.4. The molecule has 0 radical (unpaired) electrons. The number of cyclic esters (lactones) is 1. The molecule has 3 aliphatic heterocycles. The second kappa shape index (κ2) is 15.1. The molecule has 49 heavy (non-hydrogen) atoms. The minimum atomic E-state index is -0.687. The zero-order valence-electron chi connectivity index (χ0n) is 29.9. The summed E-state index contributed by atoms with van der Waals surface area (Å²) >= 11 is 0. The normalized spacial score (nSPS) is 45.4. The van der Waals surface area contributed by atoms with Gasteiger partial charge in [-0.3, -0.25) is 19.2 Å². The van der Waals surface area contributed by atoms with Crippen molar-refractivity contribution in [3.8, 4) is 0 Å². The summed E-state index contributed by atoms with van der Waals surface area (Å²) in [6, 6.07) is 0. The van der Waals surface area contributed by atoms with E-state index in [1.165, 1.54) is 6.92 Å². The second-order valence-electron chi connectivity index (χ2n) is 15.0. The van der Waals surface area contributed by atoms with E-state index in [9.17, 15) is 19.2 Å². The Bertz CT molecular complexity index is 1280. The monoisotopic (exact) mass is 690 g/mol. The van der Waals surface area contributed by atoms with Crippen LogP contribution in [0.3, 0.4) is 0 Å². The lowest BCUT2D eigenvalue weighted by atomic mass is 9.60. The van der Waals surface area contributed by atoms with E-state index < -0.39 is 48.5 Å². The minimum absolute atomic E-state index is 0.0284. The van der Waals surface area contributed by atoms with Gasteiger partial charge in [0.05, 0.1) is 31.0 Å². The summed E-state index contributed by atoms with van der Waals surface area (Å²) in [7, 11) is 4.85. The summed E-state index contributed by atoms with van der Waals surface area (Å²) in [5.74, 6) is -2.41. The van der Waals surface area contributed by atoms with Gasteiger partial charge in [-0.2, -0.15) is 0 Å². The number of hydrogen-bond acceptors (Lipinski definition) is 12. The Labute approximate surface area is 289 Å². The van der Waals surface area contributed by atoms with Crippen LogP contribution in [0.4, 0.5) is 0 Å². The molecule has 0 aromatic heterocycles. The lowest BCUT2D eigenvalue weighted by molar-refractivity contribution is -0.314. The molecule has 0 N–H and O–H groups in total. The highest BCUT2D eigenvalue weighted by Crippen LogP contribution is 2.61. The first-order chi connectivity index (χ1) is 23.5. The smallest absolute Gasteiger partial charge is 0.306 e. The standard InChI is InChI=1S/C37H54O12/c1-8-20-10-9-11-28(46-19(4)38)17(2)32(41)26-14-24-22-12-21(48-37-36(44-7)35(43-6)33(42-5)18(3)45-37)13-23(22)27-16-30(40)49-34(27)31(24)25(26)15-29(39)47-20/h14,17-18,20-25,27-28,31,33-37H,8-13,15-16H2,1-7H3/t17-,18+,20+,21+,22-,23-,24+,25-,27?,28+,31-,33+,34?,35-,36-,37+/m1/s1. The molecule has 12 nitrogen and oxygen atoms in total. The largest absolute Gasteiger partial charge is 0.462 e. The number of Topliss-reactive ketones (excluding diaryl/α,β-unsaturated/α-hetero) is 1. The number of ketones is 1. The van der Waals surface area contributed by atoms with Crippen LogP contribution in [-0.4, -0.2) is 100 Å². The fourth-order valence-corrected chi connectivity index (χ4v) is 10.2. The molecule has 16 atom stereocenters. The minimum Gasteiger partial charge on any atom is -0.462 e. The second-order valence-corrected chi connectivity index (χ2v) is 15.0. The van der Waals surface area contributed by atoms with E-state index in [4.69, 9.17) is 37.9 Å². The van der Waals surface area contributed by atoms with E-state index in [0.29, 0.717) is 50.5 Å². The topological polar surface area (TPSA) is 142 Å². The fraction of sp³-hybridized carbons (Fsp3) is 0.838. The number of rotatable bonds is 7. The molecule has 3 saturated heterocycles. The van der Waals surface area contributed by atoms with E-state index in [1.54, 1.807) is 21.3 Å². The molecular formula is C37H54O12. The molecule has 0 bridgehead atoms. The number of fused-ring (bicyclic) bond motifs is 8. The highest BCUT2D eigenvalue weighted by molar-refractivity contribution is 5.99. The van der Waals surface area contributed by atoms with Crippen molar-refractivity contribution in [1.29, 1.82) is 0 Å². The van der Waals surface area contributed by atoms with E-state index in [0.717, 1.165) is 0 Å². The van der Waals surface area contributed by atoms with Crippen LogP contribution in [0.2, 0.25) is 0 Å². The highest BCUT2D eigenvalue weighted by Gasteiger charge is 2.63. The molecule has 0 aromatic rings. The van der Waals surface area contributed by atoms with Gasteiger partial charge in [0.15, 0.2) is 12.1 Å². The number of esters is 3. The Morgan fingerprint density at radius 3 is 2.24 bits per heavy atom. The summed E-state index contributed by atoms with van der Waals surface area (Å²) in [4.78, 5) is 53.0. The van der Waals surface area contributed by atoms with Crippen LogP contribution in [-0.2, 0) is 57.1 Å².